The Kier molecular flexibility index (Phi) is 4.61. The minimum absolute atomic E-state index is 0.297. The molecule has 1 aromatic rings. The van der Waals surface area contributed by atoms with E-state index in [0.29, 0.717) is 5.38 Å². The summed E-state index contributed by atoms with van der Waals surface area (Å²) in [6, 6.07) is 10.3. The monoisotopic (exact) mass is 324 g/mol. The van der Waals surface area contributed by atoms with Crippen LogP contribution in [0.15, 0.2) is 40.2 Å². The Morgan fingerprint density at radius 2 is 2.13 bits per heavy atom. The Balaban J connectivity index is 1.70. The normalized spacial score (nSPS) is 19.8. The van der Waals surface area contributed by atoms with Crippen molar-refractivity contribution in [1.29, 1.82) is 0 Å². The van der Waals surface area contributed by atoms with Crippen molar-refractivity contribution >= 4 is 33.0 Å². The van der Waals surface area contributed by atoms with Gasteiger partial charge in [0, 0.05) is 0 Å². The summed E-state index contributed by atoms with van der Waals surface area (Å²) in [5.74, 6) is 0. The summed E-state index contributed by atoms with van der Waals surface area (Å²) in [5, 5.41) is 0.297. The number of benzene rings is 1. The van der Waals surface area contributed by atoms with E-state index in [0.717, 1.165) is 11.0 Å². The molecule has 0 fully saturated rings. The standard InChI is InChI=1S/C8H9O.C4H5Cl.In/c1-9-7-8-5-3-2-4-6-8;1-3-4(2)5;/h2-6H,1,7H2;1,3-4H,2H2;. The molecule has 0 amide bonds. The number of ether oxygens (including phenoxy) is 1. The number of alkyl halides is 1. The van der Waals surface area contributed by atoms with Crippen LogP contribution in [0, 0.1) is 0 Å². The molecule has 0 aromatic heterocycles. The molecule has 1 aromatic carbocycles. The molecular formula is C12H14ClInO. The Bertz CT molecular complexity index is 326. The van der Waals surface area contributed by atoms with Gasteiger partial charge in [-0.05, 0) is 0 Å². The van der Waals surface area contributed by atoms with Crippen LogP contribution in [0.2, 0.25) is 4.18 Å². The molecule has 0 N–H and O–H groups in total. The van der Waals surface area contributed by atoms with Gasteiger partial charge < -0.3 is 0 Å². The first-order chi connectivity index (χ1) is 7.34. The Hall–Kier alpha value is 0.0801. The fourth-order valence-corrected chi connectivity index (χ4v) is 9.89. The van der Waals surface area contributed by atoms with Crippen molar-refractivity contribution in [3.63, 3.8) is 0 Å². The van der Waals surface area contributed by atoms with E-state index in [1.807, 2.05) is 18.2 Å². The molecule has 78 valence electrons. The van der Waals surface area contributed by atoms with Crippen molar-refractivity contribution in [1.82, 2.24) is 0 Å². The zero-order valence-corrected chi connectivity index (χ0v) is 12.7. The maximum atomic E-state index is 6.01. The zero-order chi connectivity index (χ0) is 10.5. The molecule has 2 rings (SSSR count). The van der Waals surface area contributed by atoms with E-state index in [2.05, 4.69) is 22.0 Å². The number of allylic oxidation sites excluding steroid dienone is 1. The van der Waals surface area contributed by atoms with Gasteiger partial charge in [0.1, 0.15) is 0 Å². The molecule has 0 bridgehead atoms. The van der Waals surface area contributed by atoms with Gasteiger partial charge in [0.15, 0.2) is 0 Å². The minimum atomic E-state index is -1.49. The number of rotatable bonds is 4. The van der Waals surface area contributed by atoms with Crippen molar-refractivity contribution < 1.29 is 4.74 Å². The van der Waals surface area contributed by atoms with Crippen molar-refractivity contribution in [3.8, 4) is 0 Å². The summed E-state index contributed by atoms with van der Waals surface area (Å²) in [6.07, 6.45) is 2.15. The van der Waals surface area contributed by atoms with Gasteiger partial charge >= 0.3 is 104 Å². The third kappa shape index (κ3) is 3.86. The first-order valence-electron chi connectivity index (χ1n) is 5.28. The van der Waals surface area contributed by atoms with Crippen LogP contribution in [0.3, 0.4) is 0 Å². The predicted octanol–water partition coefficient (Wildman–Crippen LogP) is 2.95. The van der Waals surface area contributed by atoms with E-state index in [1.165, 1.54) is 9.74 Å². The van der Waals surface area contributed by atoms with Gasteiger partial charge in [0.05, 0.1) is 0 Å². The fourth-order valence-electron chi connectivity index (χ4n) is 1.75. The van der Waals surface area contributed by atoms with Gasteiger partial charge in [0.25, 0.3) is 0 Å². The predicted molar refractivity (Wildman–Crippen MR) is 65.4 cm³/mol. The van der Waals surface area contributed by atoms with Gasteiger partial charge in [0.2, 0.25) is 0 Å². The molecule has 15 heavy (non-hydrogen) atoms. The van der Waals surface area contributed by atoms with Crippen molar-refractivity contribution in [2.75, 3.05) is 4.36 Å². The van der Waals surface area contributed by atoms with Crippen LogP contribution < -0.4 is 0 Å². The third-order valence-corrected chi connectivity index (χ3v) is 11.0. The van der Waals surface area contributed by atoms with Gasteiger partial charge in [-0.25, -0.2) is 0 Å². The summed E-state index contributed by atoms with van der Waals surface area (Å²) in [7, 11) is 0. The summed E-state index contributed by atoms with van der Waals surface area (Å²) in [4.78, 5) is 0. The summed E-state index contributed by atoms with van der Waals surface area (Å²) < 4.78 is 10.3. The van der Waals surface area contributed by atoms with Crippen LogP contribution in [-0.2, 0) is 11.3 Å². The molecule has 1 atom stereocenters. The summed E-state index contributed by atoms with van der Waals surface area (Å²) in [5.41, 5.74) is 1.26. The van der Waals surface area contributed by atoms with Crippen LogP contribution in [0.5, 0.6) is 0 Å². The van der Waals surface area contributed by atoms with Gasteiger partial charge in [-0.15, -0.1) is 0 Å². The average molecular weight is 325 g/mol. The molecule has 1 aliphatic rings. The van der Waals surface area contributed by atoms with Crippen LogP contribution in [-0.4, -0.2) is 31.2 Å². The second-order valence-electron chi connectivity index (χ2n) is 3.90. The molecule has 0 saturated heterocycles. The molecule has 0 radical (unpaired) electrons. The van der Waals surface area contributed by atoms with Crippen LogP contribution in [0.1, 0.15) is 5.56 Å². The Labute approximate surface area is 104 Å². The summed E-state index contributed by atoms with van der Waals surface area (Å²) in [6.45, 7) is 0.745. The first kappa shape index (κ1) is 11.6. The average Bonchev–Trinajstić information content (AvgIpc) is 2.66. The van der Waals surface area contributed by atoms with Crippen molar-refractivity contribution in [2.45, 2.75) is 16.2 Å². The van der Waals surface area contributed by atoms with E-state index >= 15 is 0 Å². The SMILES string of the molecule is ClC1C=[CH][In]([CH2]OCc2ccccc2)[CH2]1. The fraction of sp³-hybridized carbons (Fsp3) is 0.333. The van der Waals surface area contributed by atoms with E-state index in [4.69, 9.17) is 16.3 Å². The molecule has 3 heteroatoms. The molecule has 0 saturated carbocycles. The second-order valence-corrected chi connectivity index (χ2v) is 12.2. The molecule has 1 heterocycles. The van der Waals surface area contributed by atoms with Crippen LogP contribution in [0.4, 0.5) is 0 Å². The van der Waals surface area contributed by atoms with Crippen LogP contribution >= 0.6 is 11.6 Å². The molecular weight excluding hydrogens is 310 g/mol. The van der Waals surface area contributed by atoms with Crippen LogP contribution in [0.25, 0.3) is 0 Å². The number of hydrogen-bond acceptors (Lipinski definition) is 1. The van der Waals surface area contributed by atoms with Gasteiger partial charge in [-0.3, -0.25) is 0 Å². The number of halogens is 1. The molecule has 1 aliphatic heterocycles. The number of hydrogen-bond donors (Lipinski definition) is 0. The maximum absolute atomic E-state index is 6.01. The second kappa shape index (κ2) is 5.97. The van der Waals surface area contributed by atoms with Crippen molar-refractivity contribution in [3.05, 3.63) is 45.8 Å². The van der Waals surface area contributed by atoms with E-state index in [1.54, 1.807) is 0 Å². The quantitative estimate of drug-likeness (QED) is 0.774. The Morgan fingerprint density at radius 3 is 2.80 bits per heavy atom. The van der Waals surface area contributed by atoms with E-state index in [9.17, 15) is 0 Å². The first-order valence-corrected chi connectivity index (χ1v) is 12.3. The van der Waals surface area contributed by atoms with E-state index in [-0.39, 0.29) is 0 Å². The molecule has 0 aliphatic carbocycles. The zero-order valence-electron chi connectivity index (χ0n) is 8.60. The topological polar surface area (TPSA) is 9.23 Å². The van der Waals surface area contributed by atoms with Gasteiger partial charge in [-0.2, -0.15) is 0 Å². The Morgan fingerprint density at radius 1 is 1.33 bits per heavy atom. The van der Waals surface area contributed by atoms with E-state index < -0.39 is 21.4 Å². The third-order valence-electron chi connectivity index (χ3n) is 2.56. The molecule has 1 nitrogen and oxygen atoms in total. The van der Waals surface area contributed by atoms with Crippen molar-refractivity contribution in [2.24, 2.45) is 0 Å². The molecule has 0 spiro atoms. The van der Waals surface area contributed by atoms with Gasteiger partial charge in [-0.1, -0.05) is 0 Å². The summed E-state index contributed by atoms with van der Waals surface area (Å²) >= 11 is 4.53. The molecule has 1 unspecified atom stereocenters.